The predicted molar refractivity (Wildman–Crippen MR) is 66.1 cm³/mol. The van der Waals surface area contributed by atoms with Crippen LogP contribution in [-0.4, -0.2) is 22.1 Å². The molecule has 0 saturated heterocycles. The largest absolute Gasteiger partial charge is 0.477 e. The first-order valence-electron chi connectivity index (χ1n) is 5.60. The molecular weight excluding hydrogens is 254 g/mol. The maximum Gasteiger partial charge on any atom is 0.378 e. The smallest absolute Gasteiger partial charge is 0.378 e. The maximum absolute atomic E-state index is 13.7. The third-order valence-electron chi connectivity index (χ3n) is 3.19. The van der Waals surface area contributed by atoms with Crippen LogP contribution >= 0.6 is 0 Å². The van der Waals surface area contributed by atoms with Crippen molar-refractivity contribution >= 4 is 16.7 Å². The number of aliphatic carboxylic acids is 1. The predicted octanol–water partition coefficient (Wildman–Crippen LogP) is 2.77. The fourth-order valence-electron chi connectivity index (χ4n) is 2.03. The van der Waals surface area contributed by atoms with E-state index in [0.717, 1.165) is 6.92 Å². The molecule has 5 heteroatoms. The molecule has 2 aromatic rings. The molecule has 0 aliphatic heterocycles. The highest BCUT2D eigenvalue weighted by Crippen LogP contribution is 2.40. The van der Waals surface area contributed by atoms with E-state index < -0.39 is 17.5 Å². The number of carbonyl (C=O) groups is 1. The summed E-state index contributed by atoms with van der Waals surface area (Å²) in [6, 6.07) is 11.2. The highest BCUT2D eigenvalue weighted by molar-refractivity contribution is 5.88. The molecule has 2 N–H and O–H groups in total. The number of alkyl halides is 2. The van der Waals surface area contributed by atoms with Crippen molar-refractivity contribution < 1.29 is 23.8 Å². The van der Waals surface area contributed by atoms with Crippen LogP contribution in [0.3, 0.4) is 0 Å². The molecular formula is C14H12F2O3. The molecule has 100 valence electrons. The zero-order valence-corrected chi connectivity index (χ0v) is 10.1. The fourth-order valence-corrected chi connectivity index (χ4v) is 2.03. The van der Waals surface area contributed by atoms with Crippen molar-refractivity contribution in [1.82, 2.24) is 0 Å². The van der Waals surface area contributed by atoms with Crippen LogP contribution < -0.4 is 0 Å². The first-order chi connectivity index (χ1) is 8.78. The Hall–Kier alpha value is -2.01. The Bertz CT molecular complexity index is 630. The van der Waals surface area contributed by atoms with Gasteiger partial charge < -0.3 is 10.2 Å². The molecule has 1 unspecified atom stereocenters. The van der Waals surface area contributed by atoms with E-state index in [1.807, 2.05) is 0 Å². The number of hydrogen-bond acceptors (Lipinski definition) is 2. The van der Waals surface area contributed by atoms with Crippen LogP contribution in [0.5, 0.6) is 0 Å². The molecule has 0 radical (unpaired) electrons. The van der Waals surface area contributed by atoms with Gasteiger partial charge in [0.25, 0.3) is 0 Å². The summed E-state index contributed by atoms with van der Waals surface area (Å²) in [6.07, 6.45) is 0. The molecule has 1 atom stereocenters. The molecule has 0 fully saturated rings. The van der Waals surface area contributed by atoms with E-state index in [-0.39, 0.29) is 5.56 Å². The second-order valence-electron chi connectivity index (χ2n) is 4.48. The minimum atomic E-state index is -4.28. The number of carboxylic acid groups (broad SMARTS) is 1. The van der Waals surface area contributed by atoms with Crippen LogP contribution in [0.4, 0.5) is 8.78 Å². The van der Waals surface area contributed by atoms with Crippen molar-refractivity contribution in [2.24, 2.45) is 0 Å². The average Bonchev–Trinajstić information content (AvgIpc) is 2.37. The third-order valence-corrected chi connectivity index (χ3v) is 3.19. The number of rotatable bonds is 3. The van der Waals surface area contributed by atoms with Gasteiger partial charge in [0.2, 0.25) is 0 Å². The number of hydrogen-bond donors (Lipinski definition) is 2. The van der Waals surface area contributed by atoms with E-state index in [0.29, 0.717) is 10.8 Å². The molecule has 0 aliphatic carbocycles. The van der Waals surface area contributed by atoms with E-state index in [2.05, 4.69) is 0 Å². The van der Waals surface area contributed by atoms with Crippen LogP contribution in [0.15, 0.2) is 42.5 Å². The van der Waals surface area contributed by atoms with Crippen LogP contribution in [-0.2, 0) is 10.4 Å². The first kappa shape index (κ1) is 13.4. The zero-order valence-electron chi connectivity index (χ0n) is 10.1. The lowest BCUT2D eigenvalue weighted by Gasteiger charge is -2.30. The quantitative estimate of drug-likeness (QED) is 0.898. The normalized spacial score (nSPS) is 15.2. The molecule has 0 amide bonds. The number of fused-ring (bicyclic) bond motifs is 1. The Morgan fingerprint density at radius 1 is 1.11 bits per heavy atom. The number of carboxylic acids is 1. The van der Waals surface area contributed by atoms with Crippen LogP contribution in [0, 0.1) is 0 Å². The molecule has 0 heterocycles. The summed E-state index contributed by atoms with van der Waals surface area (Å²) >= 11 is 0. The standard InChI is InChI=1S/C14H12F2O3/c1-13(19,14(15,16)12(17)18)11-8-4-6-9-5-2-3-7-10(9)11/h2-8,19H,1H3,(H,17,18). The number of aliphatic hydroxyl groups is 1. The van der Waals surface area contributed by atoms with Gasteiger partial charge in [0, 0.05) is 0 Å². The second-order valence-corrected chi connectivity index (χ2v) is 4.48. The van der Waals surface area contributed by atoms with Gasteiger partial charge in [-0.3, -0.25) is 0 Å². The van der Waals surface area contributed by atoms with Gasteiger partial charge in [0.15, 0.2) is 5.60 Å². The fraction of sp³-hybridized carbons (Fsp3) is 0.214. The highest BCUT2D eigenvalue weighted by atomic mass is 19.3. The van der Waals surface area contributed by atoms with Crippen molar-refractivity contribution in [2.75, 3.05) is 0 Å². The van der Waals surface area contributed by atoms with Gasteiger partial charge in [0.05, 0.1) is 0 Å². The molecule has 19 heavy (non-hydrogen) atoms. The Balaban J connectivity index is 2.71. The molecule has 0 aliphatic rings. The van der Waals surface area contributed by atoms with Gasteiger partial charge >= 0.3 is 11.9 Å². The second kappa shape index (κ2) is 4.28. The van der Waals surface area contributed by atoms with E-state index in [9.17, 15) is 18.7 Å². The Kier molecular flexibility index (Phi) is 3.02. The minimum Gasteiger partial charge on any atom is -0.477 e. The maximum atomic E-state index is 13.7. The Morgan fingerprint density at radius 3 is 2.32 bits per heavy atom. The molecule has 0 aromatic heterocycles. The summed E-state index contributed by atoms with van der Waals surface area (Å²) in [4.78, 5) is 10.7. The van der Waals surface area contributed by atoms with Crippen molar-refractivity contribution in [3.05, 3.63) is 48.0 Å². The minimum absolute atomic E-state index is 0.113. The van der Waals surface area contributed by atoms with Gasteiger partial charge in [-0.25, -0.2) is 4.79 Å². The molecule has 0 saturated carbocycles. The van der Waals surface area contributed by atoms with E-state index in [1.54, 1.807) is 30.3 Å². The van der Waals surface area contributed by atoms with Crippen LogP contribution in [0.25, 0.3) is 10.8 Å². The molecule has 0 spiro atoms. The Morgan fingerprint density at radius 2 is 1.68 bits per heavy atom. The summed E-state index contributed by atoms with van der Waals surface area (Å²) in [5, 5.41) is 19.7. The van der Waals surface area contributed by atoms with Crippen molar-refractivity contribution in [2.45, 2.75) is 18.4 Å². The summed E-state index contributed by atoms with van der Waals surface area (Å²) in [5.74, 6) is -6.64. The van der Waals surface area contributed by atoms with Crippen molar-refractivity contribution in [3.63, 3.8) is 0 Å². The van der Waals surface area contributed by atoms with Gasteiger partial charge in [-0.1, -0.05) is 42.5 Å². The topological polar surface area (TPSA) is 57.5 Å². The molecule has 2 aromatic carbocycles. The van der Waals surface area contributed by atoms with E-state index >= 15 is 0 Å². The van der Waals surface area contributed by atoms with Gasteiger partial charge in [-0.05, 0) is 23.3 Å². The van der Waals surface area contributed by atoms with E-state index in [1.165, 1.54) is 12.1 Å². The number of halogens is 2. The lowest BCUT2D eigenvalue weighted by molar-refractivity contribution is -0.206. The Labute approximate surface area is 108 Å². The van der Waals surface area contributed by atoms with Gasteiger partial charge in [0.1, 0.15) is 0 Å². The summed E-state index contributed by atoms with van der Waals surface area (Å²) in [6.45, 7) is 0.808. The lowest BCUT2D eigenvalue weighted by Crippen LogP contribution is -2.48. The first-order valence-corrected chi connectivity index (χ1v) is 5.60. The van der Waals surface area contributed by atoms with Gasteiger partial charge in [-0.15, -0.1) is 0 Å². The van der Waals surface area contributed by atoms with E-state index in [4.69, 9.17) is 5.11 Å². The number of benzene rings is 2. The monoisotopic (exact) mass is 266 g/mol. The summed E-state index contributed by atoms with van der Waals surface area (Å²) in [7, 11) is 0. The molecule has 3 nitrogen and oxygen atoms in total. The molecule has 0 bridgehead atoms. The SMILES string of the molecule is CC(O)(c1cccc2ccccc12)C(F)(F)C(=O)O. The zero-order chi connectivity index (χ0) is 14.3. The lowest BCUT2D eigenvalue weighted by atomic mass is 9.86. The summed E-state index contributed by atoms with van der Waals surface area (Å²) < 4.78 is 27.4. The third kappa shape index (κ3) is 1.96. The summed E-state index contributed by atoms with van der Waals surface area (Å²) in [5.41, 5.74) is -2.90. The molecule has 2 rings (SSSR count). The average molecular weight is 266 g/mol. The van der Waals surface area contributed by atoms with Gasteiger partial charge in [-0.2, -0.15) is 8.78 Å². The van der Waals surface area contributed by atoms with Crippen LogP contribution in [0.1, 0.15) is 12.5 Å². The van der Waals surface area contributed by atoms with Crippen molar-refractivity contribution in [3.8, 4) is 0 Å². The van der Waals surface area contributed by atoms with Crippen LogP contribution in [0.2, 0.25) is 0 Å². The highest BCUT2D eigenvalue weighted by Gasteiger charge is 2.57. The van der Waals surface area contributed by atoms with Crippen molar-refractivity contribution in [1.29, 1.82) is 0 Å².